The van der Waals surface area contributed by atoms with Crippen LogP contribution < -0.4 is 20.3 Å². The van der Waals surface area contributed by atoms with E-state index in [0.29, 0.717) is 50.3 Å². The molecule has 190 valence electrons. The lowest BCUT2D eigenvalue weighted by Crippen LogP contribution is -2.46. The molecule has 0 saturated carbocycles. The Bertz CT molecular complexity index is 1210. The van der Waals surface area contributed by atoms with Crippen molar-refractivity contribution in [3.05, 3.63) is 59.9 Å². The molecule has 1 aliphatic rings. The molecule has 4 rings (SSSR count). The van der Waals surface area contributed by atoms with Gasteiger partial charge in [-0.3, -0.25) is 9.69 Å². The van der Waals surface area contributed by atoms with Gasteiger partial charge in [0, 0.05) is 51.0 Å². The first-order valence-corrected chi connectivity index (χ1v) is 11.3. The summed E-state index contributed by atoms with van der Waals surface area (Å²) in [7, 11) is 0. The molecule has 3 aromatic rings. The van der Waals surface area contributed by atoms with Gasteiger partial charge in [0.15, 0.2) is 0 Å². The molecule has 2 heterocycles. The van der Waals surface area contributed by atoms with Gasteiger partial charge in [-0.25, -0.2) is 9.97 Å². The van der Waals surface area contributed by atoms with Gasteiger partial charge in [-0.05, 0) is 42.3 Å². The van der Waals surface area contributed by atoms with Crippen molar-refractivity contribution in [1.82, 2.24) is 19.9 Å². The summed E-state index contributed by atoms with van der Waals surface area (Å²) in [5.74, 6) is 0.538. The minimum Gasteiger partial charge on any atom is -0.406 e. The van der Waals surface area contributed by atoms with Crippen molar-refractivity contribution < 1.29 is 22.7 Å². The Kier molecular flexibility index (Phi) is 7.53. The fourth-order valence-electron chi connectivity index (χ4n) is 3.92. The van der Waals surface area contributed by atoms with Crippen LogP contribution in [0.1, 0.15) is 18.1 Å². The zero-order chi connectivity index (χ0) is 25.7. The lowest BCUT2D eigenvalue weighted by molar-refractivity contribution is -0.274. The summed E-state index contributed by atoms with van der Waals surface area (Å²) in [6.07, 6.45) is -3.27. The maximum absolute atomic E-state index is 12.5. The van der Waals surface area contributed by atoms with E-state index in [4.69, 9.17) is 0 Å². The summed E-state index contributed by atoms with van der Waals surface area (Å²) in [6.45, 7) is 6.54. The SMILES string of the molecule is CC(=O)Nc1cccc(Nc2ncnc(N3CCN(Cc4cccc(OC(F)(F)F)c4)CC3)n2)c1C. The third-order valence-corrected chi connectivity index (χ3v) is 5.64. The molecule has 12 heteroatoms. The van der Waals surface area contributed by atoms with Crippen LogP contribution in [0.15, 0.2) is 48.8 Å². The second kappa shape index (κ2) is 10.8. The zero-order valence-corrected chi connectivity index (χ0v) is 19.8. The van der Waals surface area contributed by atoms with E-state index in [-0.39, 0.29) is 11.7 Å². The summed E-state index contributed by atoms with van der Waals surface area (Å²) in [5.41, 5.74) is 3.06. The molecule has 9 nitrogen and oxygen atoms in total. The second-order valence-electron chi connectivity index (χ2n) is 8.35. The Morgan fingerprint density at radius 2 is 1.78 bits per heavy atom. The highest BCUT2D eigenvalue weighted by Crippen LogP contribution is 2.26. The highest BCUT2D eigenvalue weighted by molar-refractivity contribution is 5.90. The van der Waals surface area contributed by atoms with E-state index in [2.05, 4.69) is 35.2 Å². The molecule has 2 N–H and O–H groups in total. The third-order valence-electron chi connectivity index (χ3n) is 5.64. The van der Waals surface area contributed by atoms with Crippen LogP contribution in [0.3, 0.4) is 0 Å². The second-order valence-corrected chi connectivity index (χ2v) is 8.35. The fraction of sp³-hybridized carbons (Fsp3) is 0.333. The Balaban J connectivity index is 1.36. The van der Waals surface area contributed by atoms with E-state index in [1.807, 2.05) is 30.0 Å². The van der Waals surface area contributed by atoms with Crippen molar-refractivity contribution in [3.8, 4) is 5.75 Å². The molecule has 1 fully saturated rings. The average Bonchev–Trinajstić information content (AvgIpc) is 2.81. The van der Waals surface area contributed by atoms with Crippen LogP contribution in [-0.2, 0) is 11.3 Å². The van der Waals surface area contributed by atoms with E-state index in [9.17, 15) is 18.0 Å². The van der Waals surface area contributed by atoms with Gasteiger partial charge in [0.05, 0.1) is 0 Å². The number of amides is 1. The minimum atomic E-state index is -4.71. The number of hydrogen-bond acceptors (Lipinski definition) is 8. The normalized spacial score (nSPS) is 14.4. The van der Waals surface area contributed by atoms with Crippen molar-refractivity contribution >= 4 is 29.2 Å². The van der Waals surface area contributed by atoms with Gasteiger partial charge < -0.3 is 20.3 Å². The summed E-state index contributed by atoms with van der Waals surface area (Å²) >= 11 is 0. The maximum Gasteiger partial charge on any atom is 0.573 e. The fourth-order valence-corrected chi connectivity index (χ4v) is 3.92. The van der Waals surface area contributed by atoms with Crippen molar-refractivity contribution in [2.45, 2.75) is 26.8 Å². The van der Waals surface area contributed by atoms with Crippen molar-refractivity contribution in [1.29, 1.82) is 0 Å². The first kappa shape index (κ1) is 25.2. The highest BCUT2D eigenvalue weighted by Gasteiger charge is 2.31. The van der Waals surface area contributed by atoms with E-state index >= 15 is 0 Å². The molecule has 2 aromatic carbocycles. The standard InChI is InChI=1S/C24H26F3N7O2/c1-16-20(30-17(2)35)7-4-8-21(16)31-22-28-15-29-23(32-22)34-11-9-33(10-12-34)14-18-5-3-6-19(13-18)36-24(25,26)27/h3-8,13,15H,9-12,14H2,1-2H3,(H,30,35)(H,28,29,31,32). The molecule has 36 heavy (non-hydrogen) atoms. The van der Waals surface area contributed by atoms with Gasteiger partial charge in [0.25, 0.3) is 0 Å². The van der Waals surface area contributed by atoms with Crippen molar-refractivity contribution in [2.24, 2.45) is 0 Å². The Morgan fingerprint density at radius 1 is 1.06 bits per heavy atom. The Labute approximate surface area is 206 Å². The smallest absolute Gasteiger partial charge is 0.406 e. The van der Waals surface area contributed by atoms with Crippen LogP contribution in [0.5, 0.6) is 5.75 Å². The van der Waals surface area contributed by atoms with Crippen LogP contribution in [0, 0.1) is 6.92 Å². The molecule has 1 saturated heterocycles. The summed E-state index contributed by atoms with van der Waals surface area (Å²) in [4.78, 5) is 28.7. The van der Waals surface area contributed by atoms with E-state index in [1.54, 1.807) is 12.1 Å². The van der Waals surface area contributed by atoms with Gasteiger partial charge in [-0.15, -0.1) is 13.2 Å². The summed E-state index contributed by atoms with van der Waals surface area (Å²) in [6, 6.07) is 11.6. The van der Waals surface area contributed by atoms with Gasteiger partial charge in [0.1, 0.15) is 12.1 Å². The van der Waals surface area contributed by atoms with E-state index in [0.717, 1.165) is 16.8 Å². The van der Waals surface area contributed by atoms with Gasteiger partial charge >= 0.3 is 6.36 Å². The number of rotatable bonds is 7. The average molecular weight is 502 g/mol. The number of piperazine rings is 1. The topological polar surface area (TPSA) is 95.5 Å². The van der Waals surface area contributed by atoms with E-state index < -0.39 is 6.36 Å². The highest BCUT2D eigenvalue weighted by atomic mass is 19.4. The molecule has 1 amide bonds. The first-order valence-electron chi connectivity index (χ1n) is 11.3. The quantitative estimate of drug-likeness (QED) is 0.500. The summed E-state index contributed by atoms with van der Waals surface area (Å²) in [5, 5.41) is 5.98. The van der Waals surface area contributed by atoms with Crippen LogP contribution in [-0.4, -0.2) is 58.3 Å². The molecule has 0 atom stereocenters. The van der Waals surface area contributed by atoms with Crippen LogP contribution in [0.25, 0.3) is 0 Å². The van der Waals surface area contributed by atoms with Gasteiger partial charge in [-0.1, -0.05) is 18.2 Å². The van der Waals surface area contributed by atoms with Crippen LogP contribution in [0.4, 0.5) is 36.4 Å². The number of carbonyl (C=O) groups is 1. The van der Waals surface area contributed by atoms with Gasteiger partial charge in [0.2, 0.25) is 17.8 Å². The number of aromatic nitrogens is 3. The Hall–Kier alpha value is -3.93. The van der Waals surface area contributed by atoms with Crippen LogP contribution in [0.2, 0.25) is 0 Å². The molecule has 0 spiro atoms. The molecule has 0 bridgehead atoms. The number of nitrogens with zero attached hydrogens (tertiary/aromatic N) is 5. The minimum absolute atomic E-state index is 0.154. The van der Waals surface area contributed by atoms with Crippen molar-refractivity contribution in [3.63, 3.8) is 0 Å². The third kappa shape index (κ3) is 6.81. The number of anilines is 4. The number of nitrogens with one attached hydrogen (secondary N) is 2. The van der Waals surface area contributed by atoms with E-state index in [1.165, 1.54) is 25.4 Å². The number of halogens is 3. The molecule has 1 aliphatic heterocycles. The maximum atomic E-state index is 12.5. The molecular weight excluding hydrogens is 475 g/mol. The first-order chi connectivity index (χ1) is 17.2. The molecule has 0 aliphatic carbocycles. The number of carbonyl (C=O) groups excluding carboxylic acids is 1. The number of ether oxygens (including phenoxy) is 1. The lowest BCUT2D eigenvalue weighted by atomic mass is 10.1. The molecule has 1 aromatic heterocycles. The number of hydrogen-bond donors (Lipinski definition) is 2. The molecule has 0 radical (unpaired) electrons. The zero-order valence-electron chi connectivity index (χ0n) is 19.8. The largest absolute Gasteiger partial charge is 0.573 e. The lowest BCUT2D eigenvalue weighted by Gasteiger charge is -2.34. The number of benzene rings is 2. The van der Waals surface area contributed by atoms with Crippen LogP contribution >= 0.6 is 0 Å². The van der Waals surface area contributed by atoms with Crippen molar-refractivity contribution in [2.75, 3.05) is 41.7 Å². The molecule has 0 unspecified atom stereocenters. The monoisotopic (exact) mass is 501 g/mol. The van der Waals surface area contributed by atoms with Gasteiger partial charge in [-0.2, -0.15) is 4.98 Å². The predicted molar refractivity (Wildman–Crippen MR) is 129 cm³/mol. The molecular formula is C24H26F3N7O2. The number of alkyl halides is 3. The summed E-state index contributed by atoms with van der Waals surface area (Å²) < 4.78 is 41.5. The Morgan fingerprint density at radius 3 is 2.50 bits per heavy atom. The predicted octanol–water partition coefficient (Wildman–Crippen LogP) is 4.10.